The number of imidazole rings is 2. The lowest BCUT2D eigenvalue weighted by atomic mass is 10.1. The van der Waals surface area contributed by atoms with Gasteiger partial charge in [0.1, 0.15) is 11.6 Å². The zero-order valence-electron chi connectivity index (χ0n) is 20.0. The van der Waals surface area contributed by atoms with E-state index in [-0.39, 0.29) is 0 Å². The van der Waals surface area contributed by atoms with Gasteiger partial charge in [-0.05, 0) is 13.0 Å². The molecule has 1 fully saturated rings. The molecule has 174 valence electrons. The third-order valence-electron chi connectivity index (χ3n) is 6.60. The normalized spacial score (nSPS) is 17.5. The van der Waals surface area contributed by atoms with Crippen molar-refractivity contribution in [3.8, 4) is 0 Å². The van der Waals surface area contributed by atoms with Crippen molar-refractivity contribution in [3.63, 3.8) is 0 Å². The second-order valence-electron chi connectivity index (χ2n) is 9.07. The van der Waals surface area contributed by atoms with Crippen LogP contribution in [0, 0.1) is 0 Å². The Morgan fingerprint density at radius 2 is 1.10 bits per heavy atom. The van der Waals surface area contributed by atoms with Gasteiger partial charge in [-0.2, -0.15) is 0 Å². The summed E-state index contributed by atoms with van der Waals surface area (Å²) in [6.07, 6.45) is 16.1. The maximum absolute atomic E-state index is 4.56. The maximum atomic E-state index is 4.56. The number of hydrogen-bond acceptors (Lipinski definition) is 5. The molecule has 1 aliphatic heterocycles. The van der Waals surface area contributed by atoms with Crippen molar-refractivity contribution < 1.29 is 0 Å². The number of hydrogen-bond donors (Lipinski definition) is 0. The van der Waals surface area contributed by atoms with Gasteiger partial charge >= 0.3 is 0 Å². The van der Waals surface area contributed by atoms with E-state index in [4.69, 9.17) is 0 Å². The molecule has 0 radical (unpaired) electrons. The van der Waals surface area contributed by atoms with Gasteiger partial charge in [-0.3, -0.25) is 9.80 Å². The summed E-state index contributed by atoms with van der Waals surface area (Å²) in [4.78, 5) is 17.0. The lowest BCUT2D eigenvalue weighted by molar-refractivity contribution is 0.202. The highest BCUT2D eigenvalue weighted by Crippen LogP contribution is 2.10. The van der Waals surface area contributed by atoms with Gasteiger partial charge in [-0.1, -0.05) is 39.0 Å². The minimum Gasteiger partial charge on any atom is -0.337 e. The third kappa shape index (κ3) is 8.05. The van der Waals surface area contributed by atoms with Crippen molar-refractivity contribution in [3.05, 3.63) is 36.4 Å². The highest BCUT2D eigenvalue weighted by Gasteiger charge is 2.18. The van der Waals surface area contributed by atoms with E-state index in [1.54, 1.807) is 0 Å². The molecule has 2 aromatic heterocycles. The fraction of sp³-hybridized carbons (Fsp3) is 0.750. The molecule has 0 N–H and O–H groups in total. The first-order valence-corrected chi connectivity index (χ1v) is 12.2. The van der Waals surface area contributed by atoms with Crippen molar-refractivity contribution in [1.82, 2.24) is 33.8 Å². The highest BCUT2D eigenvalue weighted by molar-refractivity contribution is 4.93. The standard InChI is InChI=1S/C24H43N7/c1-4-5-6-7-8-9-12-29-15-17-30(21-23-25-10-13-27(23)2)19-20-31(18-16-29)22-24-26-11-14-28(24)3/h10-11,13-14H,4-9,12,15-22H2,1-3H3. The minimum atomic E-state index is 0.921. The van der Waals surface area contributed by atoms with Crippen LogP contribution in [0.1, 0.15) is 57.1 Å². The molecule has 0 spiro atoms. The molecule has 2 aromatic rings. The molecule has 0 aliphatic carbocycles. The molecule has 7 heteroatoms. The molecule has 1 aliphatic rings. The van der Waals surface area contributed by atoms with Crippen LogP contribution >= 0.6 is 0 Å². The molecule has 7 nitrogen and oxygen atoms in total. The maximum Gasteiger partial charge on any atom is 0.122 e. The molecule has 31 heavy (non-hydrogen) atoms. The van der Waals surface area contributed by atoms with Crippen molar-refractivity contribution in [2.45, 2.75) is 58.5 Å². The monoisotopic (exact) mass is 429 g/mol. The zero-order chi connectivity index (χ0) is 21.9. The lowest BCUT2D eigenvalue weighted by Crippen LogP contribution is -2.36. The summed E-state index contributed by atoms with van der Waals surface area (Å²) in [5.74, 6) is 2.30. The Morgan fingerprint density at radius 3 is 1.55 bits per heavy atom. The molecule has 0 unspecified atom stereocenters. The highest BCUT2D eigenvalue weighted by atomic mass is 15.3. The second kappa shape index (κ2) is 13.0. The molecule has 0 bridgehead atoms. The second-order valence-corrected chi connectivity index (χ2v) is 9.07. The van der Waals surface area contributed by atoms with E-state index in [0.29, 0.717) is 0 Å². The molecular weight excluding hydrogens is 386 g/mol. The average molecular weight is 430 g/mol. The number of aromatic nitrogens is 4. The quantitative estimate of drug-likeness (QED) is 0.514. The minimum absolute atomic E-state index is 0.921. The SMILES string of the molecule is CCCCCCCCN1CCN(Cc2nccn2C)CCN(Cc2nccn2C)CC1. The number of unbranched alkanes of at least 4 members (excludes halogenated alkanes) is 5. The zero-order valence-corrected chi connectivity index (χ0v) is 20.0. The van der Waals surface area contributed by atoms with Crippen LogP contribution in [0.2, 0.25) is 0 Å². The summed E-state index contributed by atoms with van der Waals surface area (Å²) in [6.45, 7) is 12.0. The smallest absolute Gasteiger partial charge is 0.122 e. The van der Waals surface area contributed by atoms with Crippen molar-refractivity contribution in [1.29, 1.82) is 0 Å². The van der Waals surface area contributed by atoms with Gasteiger partial charge in [0.25, 0.3) is 0 Å². The first-order chi connectivity index (χ1) is 15.2. The lowest BCUT2D eigenvalue weighted by Gasteiger charge is -2.25. The van der Waals surface area contributed by atoms with E-state index in [1.165, 1.54) is 45.1 Å². The van der Waals surface area contributed by atoms with Crippen LogP contribution in [-0.2, 0) is 27.2 Å². The molecule has 0 atom stereocenters. The molecule has 3 heterocycles. The number of rotatable bonds is 11. The van der Waals surface area contributed by atoms with Crippen LogP contribution in [0.15, 0.2) is 24.8 Å². The molecule has 1 saturated heterocycles. The summed E-state index contributed by atoms with van der Waals surface area (Å²) >= 11 is 0. The Kier molecular flexibility index (Phi) is 10.0. The van der Waals surface area contributed by atoms with Gasteiger partial charge in [0.2, 0.25) is 0 Å². The molecule has 0 aromatic carbocycles. The van der Waals surface area contributed by atoms with Gasteiger partial charge in [0.15, 0.2) is 0 Å². The average Bonchev–Trinajstić information content (AvgIpc) is 3.37. The van der Waals surface area contributed by atoms with Crippen LogP contribution in [-0.4, -0.2) is 79.6 Å². The predicted octanol–water partition coefficient (Wildman–Crippen LogP) is 3.13. The van der Waals surface area contributed by atoms with Crippen LogP contribution in [0.3, 0.4) is 0 Å². The number of nitrogens with zero attached hydrogens (tertiary/aromatic N) is 7. The first-order valence-electron chi connectivity index (χ1n) is 12.2. The Balaban J connectivity index is 1.57. The van der Waals surface area contributed by atoms with E-state index in [0.717, 1.165) is 64.0 Å². The van der Waals surface area contributed by atoms with Crippen molar-refractivity contribution >= 4 is 0 Å². The van der Waals surface area contributed by atoms with Gasteiger partial charge in [-0.15, -0.1) is 0 Å². The van der Waals surface area contributed by atoms with Crippen LogP contribution in [0.25, 0.3) is 0 Å². The van der Waals surface area contributed by atoms with Crippen LogP contribution in [0.5, 0.6) is 0 Å². The van der Waals surface area contributed by atoms with Gasteiger partial charge < -0.3 is 14.0 Å². The summed E-state index contributed by atoms with van der Waals surface area (Å²) in [5, 5.41) is 0. The van der Waals surface area contributed by atoms with E-state index < -0.39 is 0 Å². The Labute approximate surface area is 189 Å². The summed E-state index contributed by atoms with van der Waals surface area (Å²) in [7, 11) is 4.19. The van der Waals surface area contributed by atoms with Crippen LogP contribution in [0.4, 0.5) is 0 Å². The van der Waals surface area contributed by atoms with E-state index in [1.807, 2.05) is 24.8 Å². The van der Waals surface area contributed by atoms with E-state index >= 15 is 0 Å². The largest absolute Gasteiger partial charge is 0.337 e. The molecular formula is C24H43N7. The predicted molar refractivity (Wildman–Crippen MR) is 127 cm³/mol. The Hall–Kier alpha value is -1.70. The Bertz CT molecular complexity index is 684. The third-order valence-corrected chi connectivity index (χ3v) is 6.60. The fourth-order valence-corrected chi connectivity index (χ4v) is 4.34. The molecule has 0 amide bonds. The van der Waals surface area contributed by atoms with Crippen molar-refractivity contribution in [2.75, 3.05) is 45.8 Å². The van der Waals surface area contributed by atoms with Gasteiger partial charge in [-0.25, -0.2) is 9.97 Å². The fourth-order valence-electron chi connectivity index (χ4n) is 4.34. The van der Waals surface area contributed by atoms with Gasteiger partial charge in [0, 0.05) is 78.2 Å². The van der Waals surface area contributed by atoms with Gasteiger partial charge in [0.05, 0.1) is 13.1 Å². The van der Waals surface area contributed by atoms with E-state index in [9.17, 15) is 0 Å². The summed E-state index contributed by atoms with van der Waals surface area (Å²) in [6, 6.07) is 0. The summed E-state index contributed by atoms with van der Waals surface area (Å²) < 4.78 is 4.29. The summed E-state index contributed by atoms with van der Waals surface area (Å²) in [5.41, 5.74) is 0. The van der Waals surface area contributed by atoms with E-state index in [2.05, 4.69) is 54.8 Å². The first kappa shape index (κ1) is 24.0. The van der Waals surface area contributed by atoms with Crippen LogP contribution < -0.4 is 0 Å². The van der Waals surface area contributed by atoms with Crippen molar-refractivity contribution in [2.24, 2.45) is 14.1 Å². The molecule has 3 rings (SSSR count). The number of aryl methyl sites for hydroxylation is 2. The molecule has 0 saturated carbocycles. The Morgan fingerprint density at radius 1 is 0.645 bits per heavy atom. The topological polar surface area (TPSA) is 45.4 Å².